The van der Waals surface area contributed by atoms with Gasteiger partial charge in [-0.1, -0.05) is 42.0 Å². The summed E-state index contributed by atoms with van der Waals surface area (Å²) in [5, 5.41) is 3.43. The zero-order chi connectivity index (χ0) is 18.1. The van der Waals surface area contributed by atoms with E-state index >= 15 is 0 Å². The molecule has 26 heavy (non-hydrogen) atoms. The molecule has 0 aliphatic heterocycles. The molecule has 2 aromatic heterocycles. The van der Waals surface area contributed by atoms with Crippen molar-refractivity contribution in [3.8, 4) is 0 Å². The van der Waals surface area contributed by atoms with E-state index in [4.69, 9.17) is 0 Å². The van der Waals surface area contributed by atoms with Gasteiger partial charge in [0.05, 0.1) is 16.5 Å². The molecule has 0 unspecified atom stereocenters. The number of fused-ring (bicyclic) bond motifs is 2. The minimum absolute atomic E-state index is 0.182. The van der Waals surface area contributed by atoms with E-state index in [0.717, 1.165) is 5.56 Å². The topological polar surface area (TPSA) is 63.5 Å². The number of aryl methyl sites for hydroxylation is 1. The second-order valence-corrected chi connectivity index (χ2v) is 6.22. The lowest BCUT2D eigenvalue weighted by atomic mass is 10.1. The van der Waals surface area contributed by atoms with Gasteiger partial charge in [0.1, 0.15) is 0 Å². The summed E-state index contributed by atoms with van der Waals surface area (Å²) in [4.78, 5) is 29.9. The Hall–Kier alpha value is -3.47. The Morgan fingerprint density at radius 1 is 1.04 bits per heavy atom. The molecule has 1 amide bonds. The van der Waals surface area contributed by atoms with Crippen LogP contribution >= 0.6 is 0 Å². The van der Waals surface area contributed by atoms with Crippen LogP contribution in [0.5, 0.6) is 0 Å². The molecule has 0 radical (unpaired) electrons. The maximum Gasteiger partial charge on any atom is 0.265 e. The van der Waals surface area contributed by atoms with E-state index in [1.54, 1.807) is 36.5 Å². The summed E-state index contributed by atoms with van der Waals surface area (Å²) >= 11 is 0. The van der Waals surface area contributed by atoms with E-state index in [2.05, 4.69) is 10.3 Å². The molecule has 0 saturated carbocycles. The fourth-order valence-corrected chi connectivity index (χ4v) is 2.93. The van der Waals surface area contributed by atoms with Gasteiger partial charge in [0.15, 0.2) is 5.65 Å². The number of benzene rings is 2. The Morgan fingerprint density at radius 2 is 1.81 bits per heavy atom. The lowest BCUT2D eigenvalue weighted by molar-refractivity contribution is 0.0952. The van der Waals surface area contributed by atoms with Gasteiger partial charge in [0.2, 0.25) is 0 Å². The van der Waals surface area contributed by atoms with Gasteiger partial charge in [0.25, 0.3) is 11.5 Å². The van der Waals surface area contributed by atoms with Crippen molar-refractivity contribution in [1.82, 2.24) is 14.7 Å². The van der Waals surface area contributed by atoms with Gasteiger partial charge in [-0.3, -0.25) is 14.0 Å². The zero-order valence-corrected chi connectivity index (χ0v) is 14.3. The van der Waals surface area contributed by atoms with Crippen LogP contribution in [-0.2, 0) is 6.54 Å². The first-order valence-corrected chi connectivity index (χ1v) is 8.37. The van der Waals surface area contributed by atoms with Crippen LogP contribution in [0, 0.1) is 6.92 Å². The van der Waals surface area contributed by atoms with Crippen molar-refractivity contribution < 1.29 is 4.79 Å². The summed E-state index contributed by atoms with van der Waals surface area (Å²) in [5.41, 5.74) is 3.32. The van der Waals surface area contributed by atoms with Crippen LogP contribution in [-0.4, -0.2) is 15.3 Å². The molecule has 0 fully saturated rings. The fraction of sp³-hybridized carbons (Fsp3) is 0.0952. The van der Waals surface area contributed by atoms with E-state index in [1.807, 2.05) is 37.3 Å². The lowest BCUT2D eigenvalue weighted by Crippen LogP contribution is -2.25. The number of carbonyl (C=O) groups excluding carboxylic acids is 1. The largest absolute Gasteiger partial charge is 0.348 e. The van der Waals surface area contributed by atoms with Crippen molar-refractivity contribution in [3.63, 3.8) is 0 Å². The maximum atomic E-state index is 12.7. The minimum Gasteiger partial charge on any atom is -0.348 e. The molecule has 4 rings (SSSR count). The zero-order valence-electron chi connectivity index (χ0n) is 14.3. The Morgan fingerprint density at radius 3 is 2.62 bits per heavy atom. The minimum atomic E-state index is -0.258. The van der Waals surface area contributed by atoms with E-state index in [1.165, 1.54) is 9.96 Å². The van der Waals surface area contributed by atoms with Crippen LogP contribution < -0.4 is 10.9 Å². The van der Waals surface area contributed by atoms with Crippen LogP contribution in [0.1, 0.15) is 21.5 Å². The Kier molecular flexibility index (Phi) is 3.97. The van der Waals surface area contributed by atoms with Crippen LogP contribution in [0.4, 0.5) is 0 Å². The molecule has 0 atom stereocenters. The molecule has 5 nitrogen and oxygen atoms in total. The molecule has 0 saturated heterocycles. The molecule has 1 N–H and O–H groups in total. The highest BCUT2D eigenvalue weighted by molar-refractivity contribution is 6.00. The van der Waals surface area contributed by atoms with Gasteiger partial charge in [-0.2, -0.15) is 0 Å². The van der Waals surface area contributed by atoms with Crippen LogP contribution in [0.3, 0.4) is 0 Å². The number of rotatable bonds is 3. The summed E-state index contributed by atoms with van der Waals surface area (Å²) in [6, 6.07) is 18.5. The average molecular weight is 343 g/mol. The number of aromatic nitrogens is 2. The molecule has 4 aromatic rings. The van der Waals surface area contributed by atoms with Crippen molar-refractivity contribution in [3.05, 3.63) is 93.9 Å². The molecular formula is C21H17N3O2. The number of pyridine rings is 1. The van der Waals surface area contributed by atoms with Gasteiger partial charge in [-0.05, 0) is 36.8 Å². The van der Waals surface area contributed by atoms with Crippen LogP contribution in [0.15, 0.2) is 71.7 Å². The smallest absolute Gasteiger partial charge is 0.265 e. The van der Waals surface area contributed by atoms with Gasteiger partial charge < -0.3 is 5.32 Å². The number of nitrogens with zero attached hydrogens (tertiary/aromatic N) is 2. The summed E-state index contributed by atoms with van der Waals surface area (Å²) in [7, 11) is 0. The highest BCUT2D eigenvalue weighted by atomic mass is 16.1. The van der Waals surface area contributed by atoms with E-state index in [-0.39, 0.29) is 11.5 Å². The van der Waals surface area contributed by atoms with Gasteiger partial charge >= 0.3 is 0 Å². The maximum absolute atomic E-state index is 12.7. The number of amides is 1. The molecule has 128 valence electrons. The molecule has 0 spiro atoms. The van der Waals surface area contributed by atoms with Gasteiger partial charge in [0, 0.05) is 12.7 Å². The standard InChI is InChI=1S/C21H17N3O2/c1-14-8-10-15(11-9-14)13-22-20(25)17-6-4-12-24-19(17)23-18-7-3-2-5-16(18)21(24)26/h2-12H,13H2,1H3,(H,22,25). The number of hydrogen-bond acceptors (Lipinski definition) is 3. The predicted molar refractivity (Wildman–Crippen MR) is 101 cm³/mol. The second-order valence-electron chi connectivity index (χ2n) is 6.22. The lowest BCUT2D eigenvalue weighted by Gasteiger charge is -2.09. The van der Waals surface area contributed by atoms with Gasteiger partial charge in [-0.25, -0.2) is 4.98 Å². The quantitative estimate of drug-likeness (QED) is 0.582. The van der Waals surface area contributed by atoms with Crippen molar-refractivity contribution >= 4 is 22.5 Å². The normalized spacial score (nSPS) is 11.0. The van der Waals surface area contributed by atoms with E-state index < -0.39 is 0 Å². The Labute approximate surface area is 149 Å². The summed E-state index contributed by atoms with van der Waals surface area (Å²) in [6.45, 7) is 2.43. The third kappa shape index (κ3) is 2.84. The summed E-state index contributed by atoms with van der Waals surface area (Å²) in [5.74, 6) is -0.258. The fourth-order valence-electron chi connectivity index (χ4n) is 2.93. The molecule has 0 aliphatic rings. The second kappa shape index (κ2) is 6.44. The van der Waals surface area contributed by atoms with Crippen molar-refractivity contribution in [2.75, 3.05) is 0 Å². The number of hydrogen-bond donors (Lipinski definition) is 1. The summed E-state index contributed by atoms with van der Waals surface area (Å²) < 4.78 is 1.42. The summed E-state index contributed by atoms with van der Waals surface area (Å²) in [6.07, 6.45) is 1.63. The average Bonchev–Trinajstić information content (AvgIpc) is 2.67. The highest BCUT2D eigenvalue weighted by Crippen LogP contribution is 2.13. The predicted octanol–water partition coefficient (Wildman–Crippen LogP) is 3.09. The third-order valence-electron chi connectivity index (χ3n) is 4.37. The molecule has 0 bridgehead atoms. The highest BCUT2D eigenvalue weighted by Gasteiger charge is 2.14. The van der Waals surface area contributed by atoms with Crippen molar-refractivity contribution in [2.24, 2.45) is 0 Å². The monoisotopic (exact) mass is 343 g/mol. The number of para-hydroxylation sites is 1. The number of nitrogens with one attached hydrogen (secondary N) is 1. The Bertz CT molecular complexity index is 1180. The van der Waals surface area contributed by atoms with Gasteiger partial charge in [-0.15, -0.1) is 0 Å². The third-order valence-corrected chi connectivity index (χ3v) is 4.37. The first kappa shape index (κ1) is 16.0. The van der Waals surface area contributed by atoms with E-state index in [0.29, 0.717) is 28.7 Å². The molecular weight excluding hydrogens is 326 g/mol. The molecule has 2 heterocycles. The van der Waals surface area contributed by atoms with Crippen LogP contribution in [0.2, 0.25) is 0 Å². The SMILES string of the molecule is Cc1ccc(CNC(=O)c2cccn3c(=O)c4ccccc4nc23)cc1. The Balaban J connectivity index is 1.72. The van der Waals surface area contributed by atoms with Crippen molar-refractivity contribution in [2.45, 2.75) is 13.5 Å². The number of carbonyl (C=O) groups is 1. The van der Waals surface area contributed by atoms with E-state index in [9.17, 15) is 9.59 Å². The van der Waals surface area contributed by atoms with Crippen LogP contribution in [0.25, 0.3) is 16.6 Å². The molecule has 5 heteroatoms. The first-order valence-electron chi connectivity index (χ1n) is 8.37. The molecule has 2 aromatic carbocycles. The van der Waals surface area contributed by atoms with Crippen molar-refractivity contribution in [1.29, 1.82) is 0 Å². The molecule has 0 aliphatic carbocycles. The first-order chi connectivity index (χ1) is 12.6.